The zero-order chi connectivity index (χ0) is 17.3. The molecule has 2 rings (SSSR count). The Hall–Kier alpha value is -1.26. The van der Waals surface area contributed by atoms with Crippen molar-refractivity contribution in [1.29, 1.82) is 0 Å². The summed E-state index contributed by atoms with van der Waals surface area (Å²) in [6, 6.07) is 7.84. The zero-order valence-electron chi connectivity index (χ0n) is 14.5. The molecule has 0 saturated carbocycles. The second-order valence-electron chi connectivity index (χ2n) is 7.74. The number of piperidine rings is 1. The van der Waals surface area contributed by atoms with Gasteiger partial charge >= 0.3 is 6.03 Å². The van der Waals surface area contributed by atoms with E-state index in [1.165, 1.54) is 0 Å². The van der Waals surface area contributed by atoms with E-state index in [0.717, 1.165) is 29.8 Å². The normalized spacial score (nSPS) is 20.3. The summed E-state index contributed by atoms with van der Waals surface area (Å²) in [5.41, 5.74) is 6.84. The monoisotopic (exact) mass is 337 g/mol. The topological polar surface area (TPSA) is 58.4 Å². The fraction of sp³-hybridized carbons (Fsp3) is 0.611. The van der Waals surface area contributed by atoms with Gasteiger partial charge in [-0.1, -0.05) is 23.7 Å². The van der Waals surface area contributed by atoms with Crippen LogP contribution in [0.3, 0.4) is 0 Å². The number of nitrogens with one attached hydrogen (secondary N) is 1. The van der Waals surface area contributed by atoms with Crippen molar-refractivity contribution in [3.8, 4) is 0 Å². The Morgan fingerprint density at radius 1 is 1.22 bits per heavy atom. The first-order chi connectivity index (χ1) is 10.6. The first kappa shape index (κ1) is 18.1. The summed E-state index contributed by atoms with van der Waals surface area (Å²) in [5, 5.41) is 3.78. The molecule has 0 spiro atoms. The highest BCUT2D eigenvalue weighted by Gasteiger charge is 2.46. The Bertz CT molecular complexity index is 536. The van der Waals surface area contributed by atoms with Gasteiger partial charge in [-0.15, -0.1) is 0 Å². The molecule has 1 saturated heterocycles. The largest absolute Gasteiger partial charge is 0.338 e. The highest BCUT2D eigenvalue weighted by molar-refractivity contribution is 6.30. The lowest BCUT2D eigenvalue weighted by Gasteiger charge is -2.54. The van der Waals surface area contributed by atoms with E-state index in [1.54, 1.807) is 0 Å². The number of rotatable bonds is 3. The number of nitrogens with two attached hydrogens (primary N) is 1. The summed E-state index contributed by atoms with van der Waals surface area (Å²) in [7, 11) is 0. The Labute approximate surface area is 144 Å². The van der Waals surface area contributed by atoms with Crippen LogP contribution in [0.1, 0.15) is 46.1 Å². The van der Waals surface area contributed by atoms with Crippen molar-refractivity contribution in [3.63, 3.8) is 0 Å². The van der Waals surface area contributed by atoms with Gasteiger partial charge in [-0.2, -0.15) is 0 Å². The van der Waals surface area contributed by atoms with Gasteiger partial charge in [0.25, 0.3) is 0 Å². The van der Waals surface area contributed by atoms with Crippen LogP contribution < -0.4 is 11.1 Å². The van der Waals surface area contributed by atoms with Gasteiger partial charge in [0.05, 0.1) is 0 Å². The van der Waals surface area contributed by atoms with Gasteiger partial charge in [0.1, 0.15) is 0 Å². The molecule has 23 heavy (non-hydrogen) atoms. The molecular formula is C18H28ClN3O. The molecule has 1 aromatic rings. The molecule has 1 heterocycles. The van der Waals surface area contributed by atoms with Crippen molar-refractivity contribution in [2.45, 2.75) is 64.1 Å². The lowest BCUT2D eigenvalue weighted by Crippen LogP contribution is -2.67. The molecule has 2 amide bonds. The summed E-state index contributed by atoms with van der Waals surface area (Å²) in [6.07, 6.45) is 2.43. The predicted octanol–water partition coefficient (Wildman–Crippen LogP) is 3.57. The van der Waals surface area contributed by atoms with Gasteiger partial charge in [-0.3, -0.25) is 0 Å². The van der Waals surface area contributed by atoms with Crippen molar-refractivity contribution >= 4 is 17.6 Å². The van der Waals surface area contributed by atoms with E-state index in [2.05, 4.69) is 33.0 Å². The Balaban J connectivity index is 1.97. The quantitative estimate of drug-likeness (QED) is 0.885. The van der Waals surface area contributed by atoms with E-state index in [0.29, 0.717) is 6.54 Å². The molecule has 0 unspecified atom stereocenters. The molecule has 1 fully saturated rings. The van der Waals surface area contributed by atoms with Gasteiger partial charge < -0.3 is 16.0 Å². The summed E-state index contributed by atoms with van der Waals surface area (Å²) in [6.45, 7) is 8.97. The first-order valence-electron chi connectivity index (χ1n) is 8.20. The maximum atomic E-state index is 12.7. The third-order valence-electron chi connectivity index (χ3n) is 4.54. The number of carbonyl (C=O) groups is 1. The van der Waals surface area contributed by atoms with Crippen LogP contribution in [0.5, 0.6) is 0 Å². The van der Waals surface area contributed by atoms with Crippen LogP contribution in [0, 0.1) is 0 Å². The number of amides is 2. The van der Waals surface area contributed by atoms with Crippen LogP contribution >= 0.6 is 11.6 Å². The second-order valence-corrected chi connectivity index (χ2v) is 8.17. The van der Waals surface area contributed by atoms with Crippen LogP contribution in [-0.4, -0.2) is 34.6 Å². The minimum atomic E-state index is -0.245. The van der Waals surface area contributed by atoms with E-state index in [4.69, 9.17) is 17.3 Å². The Kier molecular flexibility index (Phi) is 5.27. The third-order valence-corrected chi connectivity index (χ3v) is 4.79. The van der Waals surface area contributed by atoms with Crippen LogP contribution in [0.4, 0.5) is 4.79 Å². The van der Waals surface area contributed by atoms with Crippen molar-refractivity contribution in [1.82, 2.24) is 10.2 Å². The van der Waals surface area contributed by atoms with Crippen LogP contribution in [0.25, 0.3) is 0 Å². The minimum absolute atomic E-state index is 0.0131. The number of benzene rings is 1. The molecule has 3 N–H and O–H groups in total. The van der Waals surface area contributed by atoms with E-state index >= 15 is 0 Å². The lowest BCUT2D eigenvalue weighted by atomic mass is 9.77. The Morgan fingerprint density at radius 3 is 2.26 bits per heavy atom. The molecular weight excluding hydrogens is 310 g/mol. The van der Waals surface area contributed by atoms with Crippen LogP contribution in [-0.2, 0) is 6.42 Å². The van der Waals surface area contributed by atoms with E-state index < -0.39 is 0 Å². The summed E-state index contributed by atoms with van der Waals surface area (Å²) in [5.74, 6) is 0. The maximum Gasteiger partial charge on any atom is 0.318 e. The average molecular weight is 338 g/mol. The van der Waals surface area contributed by atoms with Crippen molar-refractivity contribution < 1.29 is 4.79 Å². The molecule has 1 aliphatic heterocycles. The Morgan fingerprint density at radius 2 is 1.74 bits per heavy atom. The SMILES string of the molecule is CC1(C)CC(N)CC(C)(C)N1C(=O)NCCc1ccc(Cl)cc1. The highest BCUT2D eigenvalue weighted by Crippen LogP contribution is 2.37. The van der Waals surface area contributed by atoms with Crippen molar-refractivity contribution in [2.75, 3.05) is 6.54 Å². The van der Waals surface area contributed by atoms with E-state index in [-0.39, 0.29) is 23.2 Å². The highest BCUT2D eigenvalue weighted by atomic mass is 35.5. The number of hydrogen-bond acceptors (Lipinski definition) is 2. The molecule has 1 aromatic carbocycles. The fourth-order valence-electron chi connectivity index (χ4n) is 3.95. The number of likely N-dealkylation sites (tertiary alicyclic amines) is 1. The third kappa shape index (κ3) is 4.39. The average Bonchev–Trinajstić information content (AvgIpc) is 2.37. The number of nitrogens with zero attached hydrogens (tertiary/aromatic N) is 1. The number of halogens is 1. The summed E-state index contributed by atoms with van der Waals surface area (Å²) >= 11 is 5.89. The molecule has 0 radical (unpaired) electrons. The first-order valence-corrected chi connectivity index (χ1v) is 8.58. The molecule has 0 bridgehead atoms. The summed E-state index contributed by atoms with van der Waals surface area (Å²) < 4.78 is 0. The number of hydrogen-bond donors (Lipinski definition) is 2. The standard InChI is InChI=1S/C18H28ClN3O/c1-17(2)11-15(20)12-18(3,4)22(17)16(23)21-10-9-13-5-7-14(19)8-6-13/h5-8,15H,9-12,20H2,1-4H3,(H,21,23). The zero-order valence-corrected chi connectivity index (χ0v) is 15.3. The molecule has 1 aliphatic rings. The van der Waals surface area contributed by atoms with Crippen LogP contribution in [0.15, 0.2) is 24.3 Å². The molecule has 5 heteroatoms. The van der Waals surface area contributed by atoms with E-state index in [9.17, 15) is 4.79 Å². The second kappa shape index (κ2) is 6.70. The number of carbonyl (C=O) groups excluding carboxylic acids is 1. The van der Waals surface area contributed by atoms with E-state index in [1.807, 2.05) is 29.2 Å². The molecule has 4 nitrogen and oxygen atoms in total. The number of urea groups is 1. The molecule has 0 atom stereocenters. The minimum Gasteiger partial charge on any atom is -0.338 e. The van der Waals surface area contributed by atoms with Crippen molar-refractivity contribution in [3.05, 3.63) is 34.9 Å². The molecule has 128 valence electrons. The maximum absolute atomic E-state index is 12.7. The molecule has 0 aromatic heterocycles. The van der Waals surface area contributed by atoms with Gasteiger partial charge in [-0.05, 0) is 64.7 Å². The van der Waals surface area contributed by atoms with Gasteiger partial charge in [0.2, 0.25) is 0 Å². The van der Waals surface area contributed by atoms with Gasteiger partial charge in [0.15, 0.2) is 0 Å². The van der Waals surface area contributed by atoms with Gasteiger partial charge in [-0.25, -0.2) is 4.79 Å². The molecule has 0 aliphatic carbocycles. The summed E-state index contributed by atoms with van der Waals surface area (Å²) in [4.78, 5) is 14.7. The van der Waals surface area contributed by atoms with Gasteiger partial charge in [0, 0.05) is 28.7 Å². The smallest absolute Gasteiger partial charge is 0.318 e. The van der Waals surface area contributed by atoms with Crippen LogP contribution in [0.2, 0.25) is 5.02 Å². The lowest BCUT2D eigenvalue weighted by molar-refractivity contribution is 0.00325. The van der Waals surface area contributed by atoms with Crippen molar-refractivity contribution in [2.24, 2.45) is 5.73 Å². The predicted molar refractivity (Wildman–Crippen MR) is 95.8 cm³/mol. The fourth-order valence-corrected chi connectivity index (χ4v) is 4.08.